The van der Waals surface area contributed by atoms with Crippen LogP contribution in [-0.4, -0.2) is 28.7 Å². The molecular formula is C12H20N2O3. The molecule has 2 atom stereocenters. The molecule has 0 rings (SSSR count). The Labute approximate surface area is 102 Å². The van der Waals surface area contributed by atoms with Crippen molar-refractivity contribution in [3.63, 3.8) is 0 Å². The van der Waals surface area contributed by atoms with Crippen LogP contribution in [0, 0.1) is 12.3 Å². The summed E-state index contributed by atoms with van der Waals surface area (Å²) in [6.45, 7) is 5.07. The highest BCUT2D eigenvalue weighted by Gasteiger charge is 2.33. The molecule has 5 heteroatoms. The van der Waals surface area contributed by atoms with E-state index in [4.69, 9.17) is 11.5 Å². The Kier molecular flexibility index (Phi) is 6.11. The second-order valence-corrected chi connectivity index (χ2v) is 4.10. The number of terminal acetylenes is 1. The van der Waals surface area contributed by atoms with Crippen molar-refractivity contribution in [1.29, 1.82) is 0 Å². The summed E-state index contributed by atoms with van der Waals surface area (Å²) in [7, 11) is 0. The van der Waals surface area contributed by atoms with E-state index in [2.05, 4.69) is 16.6 Å². The molecule has 0 aliphatic heterocycles. The van der Waals surface area contributed by atoms with Crippen molar-refractivity contribution in [3.05, 3.63) is 0 Å². The molecule has 0 aliphatic rings. The summed E-state index contributed by atoms with van der Waals surface area (Å²) < 4.78 is 0. The summed E-state index contributed by atoms with van der Waals surface area (Å²) in [4.78, 5) is 22.6. The molecule has 0 fully saturated rings. The predicted molar refractivity (Wildman–Crippen MR) is 65.5 cm³/mol. The van der Waals surface area contributed by atoms with Crippen molar-refractivity contribution in [1.82, 2.24) is 10.6 Å². The van der Waals surface area contributed by atoms with E-state index in [0.29, 0.717) is 19.3 Å². The van der Waals surface area contributed by atoms with E-state index in [1.807, 2.05) is 6.92 Å². The summed E-state index contributed by atoms with van der Waals surface area (Å²) in [5.41, 5.74) is -1.25. The number of carbonyl (C=O) groups excluding carboxylic acids is 1. The van der Waals surface area contributed by atoms with Crippen LogP contribution >= 0.6 is 0 Å². The first-order chi connectivity index (χ1) is 7.89. The Bertz CT molecular complexity index is 322. The molecule has 0 spiro atoms. The smallest absolute Gasteiger partial charge is 0.329 e. The van der Waals surface area contributed by atoms with E-state index in [-0.39, 0.29) is 6.04 Å². The van der Waals surface area contributed by atoms with Gasteiger partial charge in [-0.3, -0.25) is 0 Å². The molecular weight excluding hydrogens is 220 g/mol. The zero-order chi connectivity index (χ0) is 13.5. The largest absolute Gasteiger partial charge is 0.480 e. The average molecular weight is 240 g/mol. The molecule has 2 amide bonds. The summed E-state index contributed by atoms with van der Waals surface area (Å²) in [6, 6.07) is -0.631. The molecule has 17 heavy (non-hydrogen) atoms. The van der Waals surface area contributed by atoms with E-state index in [1.165, 1.54) is 6.92 Å². The number of rotatable bonds is 6. The molecule has 2 unspecified atom stereocenters. The van der Waals surface area contributed by atoms with Crippen molar-refractivity contribution >= 4 is 12.0 Å². The van der Waals surface area contributed by atoms with Gasteiger partial charge in [-0.15, -0.1) is 12.3 Å². The summed E-state index contributed by atoms with van der Waals surface area (Å²) >= 11 is 0. The topological polar surface area (TPSA) is 78.4 Å². The van der Waals surface area contributed by atoms with Gasteiger partial charge in [0.05, 0.1) is 0 Å². The van der Waals surface area contributed by atoms with Crippen LogP contribution in [0.3, 0.4) is 0 Å². The molecule has 0 aromatic heterocycles. The number of aliphatic carboxylic acids is 1. The number of urea groups is 1. The van der Waals surface area contributed by atoms with Gasteiger partial charge in [0.25, 0.3) is 0 Å². The third kappa shape index (κ3) is 4.77. The van der Waals surface area contributed by atoms with Gasteiger partial charge in [0, 0.05) is 12.5 Å². The van der Waals surface area contributed by atoms with Crippen molar-refractivity contribution in [2.24, 2.45) is 0 Å². The van der Waals surface area contributed by atoms with Crippen molar-refractivity contribution in [2.75, 3.05) is 0 Å². The lowest BCUT2D eigenvalue weighted by Gasteiger charge is -2.26. The Hall–Kier alpha value is -1.70. The minimum atomic E-state index is -1.25. The van der Waals surface area contributed by atoms with Crippen LogP contribution < -0.4 is 10.6 Å². The Morgan fingerprint density at radius 3 is 2.41 bits per heavy atom. The second-order valence-electron chi connectivity index (χ2n) is 4.10. The first-order valence-corrected chi connectivity index (χ1v) is 5.65. The average Bonchev–Trinajstić information content (AvgIpc) is 2.27. The van der Waals surface area contributed by atoms with Crippen LogP contribution in [0.15, 0.2) is 0 Å². The number of hydrogen-bond donors (Lipinski definition) is 3. The number of carboxylic acid groups (broad SMARTS) is 1. The van der Waals surface area contributed by atoms with Crippen LogP contribution in [0.5, 0.6) is 0 Å². The number of hydrogen-bond acceptors (Lipinski definition) is 2. The molecule has 0 aliphatic carbocycles. The second kappa shape index (κ2) is 6.79. The minimum absolute atomic E-state index is 0.130. The number of carbonyl (C=O) groups is 2. The van der Waals surface area contributed by atoms with E-state index < -0.39 is 17.5 Å². The quantitative estimate of drug-likeness (QED) is 0.613. The normalized spacial score (nSPS) is 15.2. The van der Waals surface area contributed by atoms with Crippen LogP contribution in [0.4, 0.5) is 4.79 Å². The first kappa shape index (κ1) is 15.3. The monoisotopic (exact) mass is 240 g/mol. The summed E-state index contributed by atoms with van der Waals surface area (Å²) in [6.07, 6.45) is 6.61. The molecule has 0 saturated carbocycles. The number of carboxylic acids is 1. The Morgan fingerprint density at radius 1 is 1.47 bits per heavy atom. The third-order valence-electron chi connectivity index (χ3n) is 2.76. The predicted octanol–water partition coefficient (Wildman–Crippen LogP) is 1.34. The van der Waals surface area contributed by atoms with Crippen molar-refractivity contribution in [2.45, 2.75) is 51.6 Å². The first-order valence-electron chi connectivity index (χ1n) is 5.65. The summed E-state index contributed by atoms with van der Waals surface area (Å²) in [5, 5.41) is 14.1. The zero-order valence-electron chi connectivity index (χ0n) is 10.5. The zero-order valence-corrected chi connectivity index (χ0v) is 10.5. The molecule has 0 aromatic rings. The minimum Gasteiger partial charge on any atom is -0.480 e. The third-order valence-corrected chi connectivity index (χ3v) is 2.76. The van der Waals surface area contributed by atoms with Gasteiger partial charge < -0.3 is 15.7 Å². The van der Waals surface area contributed by atoms with Gasteiger partial charge >= 0.3 is 12.0 Å². The van der Waals surface area contributed by atoms with E-state index in [0.717, 1.165) is 0 Å². The number of amides is 2. The molecule has 0 aromatic carbocycles. The van der Waals surface area contributed by atoms with E-state index in [1.54, 1.807) is 6.92 Å². The molecule has 0 radical (unpaired) electrons. The molecule has 0 saturated heterocycles. The highest BCUT2D eigenvalue weighted by Crippen LogP contribution is 2.09. The van der Waals surface area contributed by atoms with Gasteiger partial charge in [0.2, 0.25) is 0 Å². The maximum Gasteiger partial charge on any atom is 0.329 e. The van der Waals surface area contributed by atoms with Crippen LogP contribution in [-0.2, 0) is 4.79 Å². The molecule has 0 heterocycles. The number of nitrogens with one attached hydrogen (secondary N) is 2. The van der Waals surface area contributed by atoms with E-state index in [9.17, 15) is 9.59 Å². The lowest BCUT2D eigenvalue weighted by molar-refractivity contribution is -0.143. The standard InChI is InChI=1S/C12H20N2O3/c1-5-8-9(6-2)13-11(17)14-12(4,7-3)10(15)16/h1,9H,6-8H2,2-4H3,(H,15,16)(H2,13,14,17). The van der Waals surface area contributed by atoms with Crippen LogP contribution in [0.1, 0.15) is 40.0 Å². The van der Waals surface area contributed by atoms with Crippen molar-refractivity contribution < 1.29 is 14.7 Å². The highest BCUT2D eigenvalue weighted by atomic mass is 16.4. The fourth-order valence-electron chi connectivity index (χ4n) is 1.20. The van der Waals surface area contributed by atoms with Crippen molar-refractivity contribution in [3.8, 4) is 12.3 Å². The highest BCUT2D eigenvalue weighted by molar-refractivity contribution is 5.85. The van der Waals surface area contributed by atoms with Gasteiger partial charge in [-0.1, -0.05) is 13.8 Å². The SMILES string of the molecule is C#CCC(CC)NC(=O)NC(C)(CC)C(=O)O. The van der Waals surface area contributed by atoms with Gasteiger partial charge in [-0.05, 0) is 19.8 Å². The van der Waals surface area contributed by atoms with Crippen LogP contribution in [0.2, 0.25) is 0 Å². The molecule has 0 bridgehead atoms. The van der Waals surface area contributed by atoms with Crippen LogP contribution in [0.25, 0.3) is 0 Å². The Balaban J connectivity index is 4.44. The van der Waals surface area contributed by atoms with Gasteiger partial charge in [0.1, 0.15) is 5.54 Å². The van der Waals surface area contributed by atoms with Gasteiger partial charge in [-0.2, -0.15) is 0 Å². The summed E-state index contributed by atoms with van der Waals surface area (Å²) in [5.74, 6) is 1.41. The Morgan fingerprint density at radius 2 is 2.06 bits per heavy atom. The fourth-order valence-corrected chi connectivity index (χ4v) is 1.20. The molecule has 3 N–H and O–H groups in total. The van der Waals surface area contributed by atoms with Gasteiger partial charge in [0.15, 0.2) is 0 Å². The molecule has 5 nitrogen and oxygen atoms in total. The molecule has 96 valence electrons. The van der Waals surface area contributed by atoms with Gasteiger partial charge in [-0.25, -0.2) is 9.59 Å². The lowest BCUT2D eigenvalue weighted by Crippen LogP contribution is -2.56. The maximum absolute atomic E-state index is 11.6. The van der Waals surface area contributed by atoms with E-state index >= 15 is 0 Å². The maximum atomic E-state index is 11.6. The fraction of sp³-hybridized carbons (Fsp3) is 0.667. The lowest BCUT2D eigenvalue weighted by atomic mass is 10.00.